The number of esters is 1. The van der Waals surface area contributed by atoms with Crippen LogP contribution < -0.4 is 14.9 Å². The van der Waals surface area contributed by atoms with Gasteiger partial charge in [-0.25, -0.2) is 9.79 Å². The Morgan fingerprint density at radius 1 is 1.37 bits per heavy atom. The van der Waals surface area contributed by atoms with E-state index in [1.165, 1.54) is 15.9 Å². The number of aromatic nitrogens is 1. The number of hydrogen-bond acceptors (Lipinski definition) is 6. The van der Waals surface area contributed by atoms with Crippen molar-refractivity contribution in [3.63, 3.8) is 0 Å². The van der Waals surface area contributed by atoms with Crippen LogP contribution in [0.25, 0.3) is 6.08 Å². The highest BCUT2D eigenvalue weighted by atomic mass is 79.9. The summed E-state index contributed by atoms with van der Waals surface area (Å²) in [5, 5.41) is 0.448. The van der Waals surface area contributed by atoms with Gasteiger partial charge >= 0.3 is 5.97 Å². The van der Waals surface area contributed by atoms with Gasteiger partial charge in [-0.1, -0.05) is 41.1 Å². The molecule has 1 aliphatic rings. The monoisotopic (exact) mass is 506 g/mol. The third kappa shape index (κ3) is 3.71. The van der Waals surface area contributed by atoms with E-state index < -0.39 is 12.0 Å². The van der Waals surface area contributed by atoms with Gasteiger partial charge in [0.15, 0.2) is 9.47 Å². The average molecular weight is 508 g/mol. The topological polar surface area (TPSA) is 73.8 Å². The highest BCUT2D eigenvalue weighted by molar-refractivity contribution is 9.10. The molecule has 0 radical (unpaired) electrons. The molecule has 2 aromatic heterocycles. The first kappa shape index (κ1) is 20.8. The molecule has 0 saturated carbocycles. The van der Waals surface area contributed by atoms with E-state index >= 15 is 0 Å². The predicted molar refractivity (Wildman–Crippen MR) is 118 cm³/mol. The first-order valence-corrected chi connectivity index (χ1v) is 11.1. The summed E-state index contributed by atoms with van der Waals surface area (Å²) in [5.41, 5.74) is 1.13. The van der Waals surface area contributed by atoms with Crippen molar-refractivity contribution in [2.24, 2.45) is 4.99 Å². The number of carbonyl (C=O) groups is 1. The van der Waals surface area contributed by atoms with Gasteiger partial charge < -0.3 is 9.15 Å². The number of carbonyl (C=O) groups excluding carboxylic acids is 1. The smallest absolute Gasteiger partial charge is 0.338 e. The van der Waals surface area contributed by atoms with Crippen molar-refractivity contribution in [2.45, 2.75) is 19.9 Å². The fourth-order valence-electron chi connectivity index (χ4n) is 3.32. The van der Waals surface area contributed by atoms with Crippen LogP contribution in [0.4, 0.5) is 0 Å². The number of thiazole rings is 1. The van der Waals surface area contributed by atoms with E-state index in [2.05, 4.69) is 20.9 Å². The summed E-state index contributed by atoms with van der Waals surface area (Å²) in [6, 6.07) is 9.90. The minimum atomic E-state index is -0.737. The Labute approximate surface area is 188 Å². The number of nitrogens with zero attached hydrogens (tertiary/aromatic N) is 2. The molecule has 4 rings (SSSR count). The van der Waals surface area contributed by atoms with Crippen LogP contribution in [0.15, 0.2) is 66.5 Å². The second-order valence-electron chi connectivity index (χ2n) is 6.47. The normalized spacial score (nSPS) is 16.4. The van der Waals surface area contributed by atoms with E-state index in [-0.39, 0.29) is 12.2 Å². The maximum Gasteiger partial charge on any atom is 0.338 e. The molecule has 1 aromatic carbocycles. The molecule has 0 amide bonds. The summed E-state index contributed by atoms with van der Waals surface area (Å²) >= 11 is 10.9. The fourth-order valence-corrected chi connectivity index (χ4v) is 4.90. The zero-order valence-electron chi connectivity index (χ0n) is 16.0. The lowest BCUT2D eigenvalue weighted by Crippen LogP contribution is -2.40. The first-order valence-electron chi connectivity index (χ1n) is 9.10. The van der Waals surface area contributed by atoms with Gasteiger partial charge in [-0.15, -0.1) is 0 Å². The SMILES string of the molecule is CCOC(=O)C1=C(C)N=c2s/c(=C/c3ccc(Br)o3)c(=O)n2C1c1ccccc1Cl. The van der Waals surface area contributed by atoms with E-state index in [4.69, 9.17) is 20.8 Å². The number of benzene rings is 1. The van der Waals surface area contributed by atoms with E-state index in [1.807, 2.05) is 6.07 Å². The van der Waals surface area contributed by atoms with Crippen molar-refractivity contribution in [3.8, 4) is 0 Å². The van der Waals surface area contributed by atoms with E-state index in [9.17, 15) is 9.59 Å². The van der Waals surface area contributed by atoms with Gasteiger partial charge in [-0.2, -0.15) is 0 Å². The minimum Gasteiger partial charge on any atom is -0.463 e. The van der Waals surface area contributed by atoms with Gasteiger partial charge in [0.05, 0.1) is 22.4 Å². The Balaban J connectivity index is 1.99. The molecule has 1 unspecified atom stereocenters. The summed E-state index contributed by atoms with van der Waals surface area (Å²) < 4.78 is 13.3. The van der Waals surface area contributed by atoms with Gasteiger partial charge in [-0.3, -0.25) is 9.36 Å². The van der Waals surface area contributed by atoms with Gasteiger partial charge in [0.2, 0.25) is 0 Å². The van der Waals surface area contributed by atoms with Gasteiger partial charge in [-0.05, 0) is 53.5 Å². The second-order valence-corrected chi connectivity index (χ2v) is 8.66. The van der Waals surface area contributed by atoms with Crippen LogP contribution in [0.2, 0.25) is 5.02 Å². The van der Waals surface area contributed by atoms with E-state index in [0.717, 1.165) is 0 Å². The number of halogens is 2. The third-order valence-corrected chi connectivity index (χ3v) is 6.34. The predicted octanol–water partition coefficient (Wildman–Crippen LogP) is 3.81. The van der Waals surface area contributed by atoms with Crippen LogP contribution in [-0.2, 0) is 9.53 Å². The molecule has 154 valence electrons. The van der Waals surface area contributed by atoms with Gasteiger partial charge in [0.1, 0.15) is 11.8 Å². The van der Waals surface area contributed by atoms with E-state index in [0.29, 0.717) is 41.6 Å². The van der Waals surface area contributed by atoms with Crippen molar-refractivity contribution in [1.29, 1.82) is 0 Å². The van der Waals surface area contributed by atoms with Crippen molar-refractivity contribution in [3.05, 3.63) is 88.4 Å². The summed E-state index contributed by atoms with van der Waals surface area (Å²) in [7, 11) is 0. The molecule has 30 heavy (non-hydrogen) atoms. The Morgan fingerprint density at radius 2 is 2.13 bits per heavy atom. The molecule has 0 saturated heterocycles. The standard InChI is InChI=1S/C21H16BrClN2O4S/c1-3-28-20(27)17-11(2)24-21-25(18(17)13-6-4-5-7-14(13)23)19(26)15(30-21)10-12-8-9-16(22)29-12/h4-10,18H,3H2,1-2H3/b15-10+. The number of rotatable bonds is 4. The lowest BCUT2D eigenvalue weighted by molar-refractivity contribution is -0.139. The second kappa shape index (κ2) is 8.37. The van der Waals surface area contributed by atoms with Crippen LogP contribution in [0.5, 0.6) is 0 Å². The number of hydrogen-bond donors (Lipinski definition) is 0. The molecule has 0 aliphatic carbocycles. The van der Waals surface area contributed by atoms with Crippen LogP contribution in [0.1, 0.15) is 31.2 Å². The lowest BCUT2D eigenvalue weighted by Gasteiger charge is -2.25. The van der Waals surface area contributed by atoms with Crippen molar-refractivity contribution >= 4 is 50.9 Å². The molecule has 0 N–H and O–H groups in total. The average Bonchev–Trinajstić information content (AvgIpc) is 3.24. The van der Waals surface area contributed by atoms with Crippen LogP contribution in [-0.4, -0.2) is 17.1 Å². The van der Waals surface area contributed by atoms with Crippen LogP contribution in [0, 0.1) is 0 Å². The number of furan rings is 1. The minimum absolute atomic E-state index is 0.211. The molecule has 3 heterocycles. The molecule has 1 aliphatic heterocycles. The molecule has 0 spiro atoms. The Bertz CT molecular complexity index is 1350. The van der Waals surface area contributed by atoms with Crippen LogP contribution >= 0.6 is 38.9 Å². The molecule has 1 atom stereocenters. The largest absolute Gasteiger partial charge is 0.463 e. The van der Waals surface area contributed by atoms with Crippen molar-refractivity contribution in [2.75, 3.05) is 6.61 Å². The fraction of sp³-hybridized carbons (Fsp3) is 0.190. The van der Waals surface area contributed by atoms with Crippen molar-refractivity contribution in [1.82, 2.24) is 4.57 Å². The molecule has 6 nitrogen and oxygen atoms in total. The highest BCUT2D eigenvalue weighted by Crippen LogP contribution is 2.34. The summed E-state index contributed by atoms with van der Waals surface area (Å²) in [6.07, 6.45) is 1.65. The highest BCUT2D eigenvalue weighted by Gasteiger charge is 2.34. The third-order valence-electron chi connectivity index (χ3n) is 4.58. The molecular formula is C21H16BrClN2O4S. The number of ether oxygens (including phenoxy) is 1. The van der Waals surface area contributed by atoms with Gasteiger partial charge in [0, 0.05) is 11.1 Å². The number of allylic oxidation sites excluding steroid dienone is 1. The Morgan fingerprint density at radius 3 is 2.80 bits per heavy atom. The van der Waals surface area contributed by atoms with Crippen LogP contribution in [0.3, 0.4) is 0 Å². The molecule has 9 heteroatoms. The zero-order chi connectivity index (χ0) is 21.4. The molecular weight excluding hydrogens is 492 g/mol. The maximum absolute atomic E-state index is 13.4. The molecule has 0 bridgehead atoms. The zero-order valence-corrected chi connectivity index (χ0v) is 19.2. The van der Waals surface area contributed by atoms with Crippen molar-refractivity contribution < 1.29 is 13.9 Å². The maximum atomic E-state index is 13.4. The Kier molecular flexibility index (Phi) is 5.81. The summed E-state index contributed by atoms with van der Waals surface area (Å²) in [4.78, 5) is 31.2. The van der Waals surface area contributed by atoms with Gasteiger partial charge in [0.25, 0.3) is 5.56 Å². The first-order chi connectivity index (χ1) is 14.4. The molecule has 3 aromatic rings. The quantitative estimate of drug-likeness (QED) is 0.504. The Hall–Kier alpha value is -2.42. The number of fused-ring (bicyclic) bond motifs is 1. The lowest BCUT2D eigenvalue weighted by atomic mass is 9.96. The molecule has 0 fully saturated rings. The summed E-state index contributed by atoms with van der Waals surface area (Å²) in [6.45, 7) is 3.68. The summed E-state index contributed by atoms with van der Waals surface area (Å²) in [5.74, 6) is 0.00989. The van der Waals surface area contributed by atoms with E-state index in [1.54, 1.807) is 50.3 Å².